The second-order valence-electron chi connectivity index (χ2n) is 27.5. The van der Waals surface area contributed by atoms with Gasteiger partial charge in [-0.05, 0) is 117 Å². The number of halogens is 9. The summed E-state index contributed by atoms with van der Waals surface area (Å²) in [5, 5.41) is 58.6. The number of aromatic nitrogens is 39. The summed E-state index contributed by atoms with van der Waals surface area (Å²) in [5.41, 5.74) is 2.95. The number of benzene rings is 4. The number of rotatable bonds is 14. The molecule has 0 bridgehead atoms. The number of imidazole rings is 8. The first-order valence-electron chi connectivity index (χ1n) is 38.5. The summed E-state index contributed by atoms with van der Waals surface area (Å²) < 4.78 is 126. The second-order valence-corrected chi connectivity index (χ2v) is 27.5. The summed E-state index contributed by atoms with van der Waals surface area (Å²) >= 11 is 0. The molecule has 0 N–H and O–H groups in total. The third-order valence-electron chi connectivity index (χ3n) is 17.4. The molecule has 694 valence electrons. The van der Waals surface area contributed by atoms with Crippen molar-refractivity contribution >= 4 is 0 Å². The predicted molar refractivity (Wildman–Crippen MR) is 442 cm³/mol. The number of hydrogen-bond acceptors (Lipinski definition) is 23. The van der Waals surface area contributed by atoms with Crippen LogP contribution in [0.25, 0.3) is 116 Å². The Morgan fingerprint density at radius 3 is 0.759 bits per heavy atom. The standard InChI is InChI=1S/C13H8F3N4.3C12H10N5.C9H9F3N5.C9H12N5.C7H5F3N5.C7H8N5.4Pt/c14-13(15,16)11-8-10(18-19-11)12-17-6-7-20(12)9-4-2-1-3-5-9;3*1-9-14-11(16-15-9)12-13-7-8-17(12)10-5-3-2-4-6-10;1-5(2)17-4-3-13-7(17)6-14-8(16-15-6)9(10,11)12;1-6(2)14-5-4-10-9(14)8-11-7(3)12-13-8;1-15-3-2-11-5(15)4-12-6(14-13-4)7(8,9)10;1-5-9-6(11-10-5)7-8-3-4-12(7)2;;;;/h1-8H;3*2-8H,1H3;3-5H,1-2H3;4-6H,1-3H3;2-3H,1H3;3-4H,1-2H3;;;;/q8*-1;4*+2. The first-order valence-corrected chi connectivity index (χ1v) is 38.5. The van der Waals surface area contributed by atoms with Crippen LogP contribution in [0.1, 0.15) is 86.2 Å². The Morgan fingerprint density at radius 2 is 0.504 bits per heavy atom. The van der Waals surface area contributed by atoms with Gasteiger partial charge in [0.1, 0.15) is 63.9 Å². The summed E-state index contributed by atoms with van der Waals surface area (Å²) in [7, 11) is 3.53. The van der Waals surface area contributed by atoms with Crippen LogP contribution < -0.4 is 40.8 Å². The van der Waals surface area contributed by atoms with Crippen molar-refractivity contribution in [2.24, 2.45) is 14.1 Å². The van der Waals surface area contributed by atoms with Gasteiger partial charge in [0.05, 0.1) is 0 Å². The van der Waals surface area contributed by atoms with Crippen molar-refractivity contribution in [2.45, 2.75) is 92.9 Å². The van der Waals surface area contributed by atoms with E-state index in [9.17, 15) is 39.5 Å². The summed E-state index contributed by atoms with van der Waals surface area (Å²) in [6.07, 6.45) is 13.7. The molecule has 20 rings (SSSR count). The maximum Gasteiger partial charge on any atom is 2.00 e. The Labute approximate surface area is 806 Å². The SMILES string of the molecule is CC(C)n1ccnc1-c1nc(C(F)(F)F)n[n-]1.Cc1n[n-]c(-c2nccn2-c2ccccc2)n1.Cc1n[n-]c(-c2nccn2-c2ccccc2)n1.Cc1n[n-]c(-c2nccn2-c2ccccc2)n1.Cc1n[n-]c(-c2nccn2C(C)C)n1.Cc1n[n-]c(-c2nccn2C)n1.Cn1ccnc1-c1nc(C(F)(F)F)n[n-]1.FC(F)(F)c1cc(-c2nccn2-c2ccccc2)[n-]n1.[Pt+2].[Pt+2].[Pt+2].[Pt+2]. The number of hydrogen-bond donors (Lipinski definition) is 0. The van der Waals surface area contributed by atoms with Gasteiger partial charge in [-0.2, -0.15) is 39.5 Å². The van der Waals surface area contributed by atoms with Crippen LogP contribution in [0.3, 0.4) is 0 Å². The van der Waals surface area contributed by atoms with Crippen LogP contribution in [0.5, 0.6) is 0 Å². The third kappa shape index (κ3) is 26.6. The third-order valence-corrected chi connectivity index (χ3v) is 17.4. The molecule has 133 heavy (non-hydrogen) atoms. The van der Waals surface area contributed by atoms with Crippen LogP contribution in [0.15, 0.2) is 227 Å². The molecule has 0 spiro atoms. The van der Waals surface area contributed by atoms with Crippen molar-refractivity contribution in [1.29, 1.82) is 0 Å². The Morgan fingerprint density at radius 1 is 0.263 bits per heavy atom. The molecule has 52 heteroatoms. The maximum absolute atomic E-state index is 12.5. The van der Waals surface area contributed by atoms with E-state index in [2.05, 4.69) is 170 Å². The first kappa shape index (κ1) is 103. The average Bonchev–Trinajstić information content (AvgIpc) is 1.65. The maximum atomic E-state index is 12.5. The van der Waals surface area contributed by atoms with Gasteiger partial charge in [0.15, 0.2) is 0 Å². The predicted octanol–water partition coefficient (Wildman–Crippen LogP) is 11.8. The van der Waals surface area contributed by atoms with Gasteiger partial charge >= 0.3 is 103 Å². The topological polar surface area (TPSA) is 449 Å². The molecular weight excluding hydrogens is 2470 g/mol. The number of alkyl halides is 9. The molecule has 0 atom stereocenters. The van der Waals surface area contributed by atoms with E-state index in [0.29, 0.717) is 87.6 Å². The van der Waals surface area contributed by atoms with Gasteiger partial charge in [-0.25, -0.2) is 39.9 Å². The number of nitrogens with zero attached hydrogens (tertiary/aromatic N) is 39. The fourth-order valence-corrected chi connectivity index (χ4v) is 11.6. The molecule has 0 unspecified atom stereocenters. The van der Waals surface area contributed by atoms with Crippen LogP contribution in [-0.2, 0) is 117 Å². The summed E-state index contributed by atoms with van der Waals surface area (Å²) in [6.45, 7) is 17.0. The minimum Gasteiger partial charge on any atom is -0.572 e. The van der Waals surface area contributed by atoms with Gasteiger partial charge in [-0.3, -0.25) is 35.7 Å². The number of para-hydroxylation sites is 4. The molecule has 4 aromatic carbocycles. The minimum absolute atomic E-state index is 0. The van der Waals surface area contributed by atoms with Crippen LogP contribution in [0, 0.1) is 34.6 Å². The van der Waals surface area contributed by atoms with E-state index in [1.807, 2.05) is 224 Å². The van der Waals surface area contributed by atoms with Gasteiger partial charge < -0.3 is 117 Å². The normalized spacial score (nSPS) is 10.9. The van der Waals surface area contributed by atoms with Crippen LogP contribution in [-0.4, -0.2) is 152 Å². The molecular formula is C81H72F9N39Pt4. The van der Waals surface area contributed by atoms with Gasteiger partial charge in [0.2, 0.25) is 0 Å². The van der Waals surface area contributed by atoms with Gasteiger partial charge in [-0.1, -0.05) is 78.5 Å². The Bertz CT molecular complexity index is 6560. The Hall–Kier alpha value is -14.1. The molecule has 0 amide bonds. The van der Waals surface area contributed by atoms with Crippen LogP contribution in [0.2, 0.25) is 0 Å². The average molecular weight is 2540 g/mol. The zero-order valence-corrected chi connectivity index (χ0v) is 80.2. The molecule has 0 radical (unpaired) electrons. The molecule has 0 fully saturated rings. The van der Waals surface area contributed by atoms with E-state index in [1.54, 1.807) is 72.7 Å². The van der Waals surface area contributed by atoms with Crippen molar-refractivity contribution in [1.82, 2.24) is 193 Å². The van der Waals surface area contributed by atoms with E-state index in [-0.39, 0.29) is 119 Å². The van der Waals surface area contributed by atoms with E-state index in [0.717, 1.165) is 40.5 Å². The summed E-state index contributed by atoms with van der Waals surface area (Å²) in [6, 6.07) is 40.3. The first-order chi connectivity index (χ1) is 61.9. The molecule has 0 aliphatic rings. The molecule has 0 saturated heterocycles. The monoisotopic (exact) mass is 2540 g/mol. The smallest absolute Gasteiger partial charge is 0.572 e. The van der Waals surface area contributed by atoms with E-state index in [1.165, 1.54) is 23.2 Å². The van der Waals surface area contributed by atoms with Crippen LogP contribution >= 0.6 is 0 Å². The van der Waals surface area contributed by atoms with Crippen molar-refractivity contribution < 1.29 is 124 Å². The molecule has 0 saturated carbocycles. The molecule has 39 nitrogen and oxygen atoms in total. The van der Waals surface area contributed by atoms with E-state index >= 15 is 0 Å². The quantitative estimate of drug-likeness (QED) is 0.0912. The zero-order valence-electron chi connectivity index (χ0n) is 71.1. The van der Waals surface area contributed by atoms with E-state index < -0.39 is 35.9 Å². The van der Waals surface area contributed by atoms with Gasteiger partial charge in [0, 0.05) is 218 Å². The van der Waals surface area contributed by atoms with Crippen molar-refractivity contribution in [2.75, 3.05) is 0 Å². The summed E-state index contributed by atoms with van der Waals surface area (Å²) in [5.74, 6) is 7.91. The molecule has 16 heterocycles. The Kier molecular flexibility index (Phi) is 36.0. The molecule has 20 aromatic rings. The zero-order chi connectivity index (χ0) is 91.5. The fourth-order valence-electron chi connectivity index (χ4n) is 11.6. The summed E-state index contributed by atoms with van der Waals surface area (Å²) in [4.78, 5) is 60.5. The largest absolute Gasteiger partial charge is 2.00 e. The van der Waals surface area contributed by atoms with Crippen molar-refractivity contribution in [3.05, 3.63) is 273 Å². The Balaban J connectivity index is 0.000000171. The molecule has 0 aliphatic heterocycles. The fraction of sp³-hybridized carbons (Fsp3) is 0.198. The van der Waals surface area contributed by atoms with Crippen LogP contribution in [0.4, 0.5) is 39.5 Å². The van der Waals surface area contributed by atoms with Gasteiger partial charge in [-0.15, -0.1) is 0 Å². The minimum atomic E-state index is -4.58. The van der Waals surface area contributed by atoms with Crippen molar-refractivity contribution in [3.8, 4) is 116 Å². The van der Waals surface area contributed by atoms with Crippen molar-refractivity contribution in [3.63, 3.8) is 0 Å². The second kappa shape index (κ2) is 46.6. The number of aryl methyl sites for hydroxylation is 7. The molecule has 16 aromatic heterocycles. The molecule has 0 aliphatic carbocycles. The van der Waals surface area contributed by atoms with E-state index in [4.69, 9.17) is 0 Å². The van der Waals surface area contributed by atoms with Gasteiger partial charge in [0.25, 0.3) is 0 Å².